The second-order valence-electron chi connectivity index (χ2n) is 6.12. The molecule has 5 heteroatoms. The summed E-state index contributed by atoms with van der Waals surface area (Å²) in [5.41, 5.74) is 1.22. The van der Waals surface area contributed by atoms with Crippen molar-refractivity contribution in [1.82, 2.24) is 5.32 Å². The van der Waals surface area contributed by atoms with E-state index in [1.165, 1.54) is 15.6 Å². The van der Waals surface area contributed by atoms with E-state index in [2.05, 4.69) is 35.0 Å². The first kappa shape index (κ1) is 16.4. The zero-order chi connectivity index (χ0) is 16.1. The summed E-state index contributed by atoms with van der Waals surface area (Å²) in [5, 5.41) is 16.1. The van der Waals surface area contributed by atoms with Gasteiger partial charge in [0.05, 0.1) is 18.8 Å². The Bertz CT molecular complexity index is 655. The van der Waals surface area contributed by atoms with Crippen LogP contribution in [0.15, 0.2) is 29.6 Å². The monoisotopic (exact) mass is 333 g/mol. The molecule has 1 saturated carbocycles. The summed E-state index contributed by atoms with van der Waals surface area (Å²) in [7, 11) is 0. The van der Waals surface area contributed by atoms with Gasteiger partial charge in [0.25, 0.3) is 0 Å². The zero-order valence-electron chi connectivity index (χ0n) is 13.2. The molecule has 1 aliphatic rings. The Balaban J connectivity index is 1.38. The number of aliphatic hydroxyl groups is 1. The summed E-state index contributed by atoms with van der Waals surface area (Å²) in [6, 6.07) is 8.43. The van der Waals surface area contributed by atoms with Crippen LogP contribution >= 0.6 is 11.3 Å². The van der Waals surface area contributed by atoms with Gasteiger partial charge in [-0.05, 0) is 47.7 Å². The van der Waals surface area contributed by atoms with Crippen LogP contribution in [0.25, 0.3) is 10.1 Å². The average molecular weight is 333 g/mol. The molecule has 1 fully saturated rings. The highest BCUT2D eigenvalue weighted by Crippen LogP contribution is 2.22. The van der Waals surface area contributed by atoms with Crippen LogP contribution in [-0.2, 0) is 16.0 Å². The molecule has 1 aliphatic carbocycles. The molecule has 1 heterocycles. The number of amides is 1. The van der Waals surface area contributed by atoms with Crippen molar-refractivity contribution in [3.05, 3.63) is 35.2 Å². The zero-order valence-corrected chi connectivity index (χ0v) is 14.0. The minimum absolute atomic E-state index is 0.0594. The van der Waals surface area contributed by atoms with Crippen molar-refractivity contribution in [3.63, 3.8) is 0 Å². The van der Waals surface area contributed by atoms with Crippen molar-refractivity contribution in [2.45, 2.75) is 44.2 Å². The van der Waals surface area contributed by atoms with Crippen molar-refractivity contribution in [1.29, 1.82) is 0 Å². The number of carbonyl (C=O) groups is 1. The first-order valence-corrected chi connectivity index (χ1v) is 9.11. The van der Waals surface area contributed by atoms with E-state index in [4.69, 9.17) is 4.74 Å². The van der Waals surface area contributed by atoms with Gasteiger partial charge in [-0.2, -0.15) is 0 Å². The first-order valence-electron chi connectivity index (χ1n) is 8.24. The fraction of sp³-hybridized carbons (Fsp3) is 0.500. The van der Waals surface area contributed by atoms with E-state index in [1.807, 2.05) is 0 Å². The fourth-order valence-corrected chi connectivity index (χ4v) is 3.83. The predicted molar refractivity (Wildman–Crippen MR) is 92.8 cm³/mol. The van der Waals surface area contributed by atoms with Gasteiger partial charge in [-0.15, -0.1) is 11.3 Å². The highest BCUT2D eigenvalue weighted by Gasteiger charge is 2.24. The highest BCUT2D eigenvalue weighted by molar-refractivity contribution is 7.17. The van der Waals surface area contributed by atoms with Crippen LogP contribution in [0.4, 0.5) is 0 Å². The predicted octanol–water partition coefficient (Wildman–Crippen LogP) is 2.88. The quantitative estimate of drug-likeness (QED) is 0.799. The van der Waals surface area contributed by atoms with E-state index < -0.39 is 6.10 Å². The number of carbonyl (C=O) groups excluding carboxylic acids is 1. The Hall–Kier alpha value is -1.43. The summed E-state index contributed by atoms with van der Waals surface area (Å²) in [6.45, 7) is 0.584. The molecule has 1 aromatic carbocycles. The summed E-state index contributed by atoms with van der Waals surface area (Å²) in [5.74, 6) is -0.135. The lowest BCUT2D eigenvalue weighted by Gasteiger charge is -2.28. The van der Waals surface area contributed by atoms with Crippen molar-refractivity contribution >= 4 is 27.3 Å². The van der Waals surface area contributed by atoms with Gasteiger partial charge in [0.1, 0.15) is 6.61 Å². The lowest BCUT2D eigenvalue weighted by Crippen LogP contribution is -2.46. The molecule has 1 aromatic heterocycles. The van der Waals surface area contributed by atoms with Crippen LogP contribution in [0.2, 0.25) is 0 Å². The van der Waals surface area contributed by atoms with Crippen LogP contribution in [-0.4, -0.2) is 36.4 Å². The van der Waals surface area contributed by atoms with Gasteiger partial charge in [-0.3, -0.25) is 4.79 Å². The Labute approximate surface area is 140 Å². The summed E-state index contributed by atoms with van der Waals surface area (Å²) in [4.78, 5) is 11.9. The Morgan fingerprint density at radius 1 is 1.30 bits per heavy atom. The van der Waals surface area contributed by atoms with E-state index in [1.54, 1.807) is 11.3 Å². The van der Waals surface area contributed by atoms with Gasteiger partial charge in [0.15, 0.2) is 0 Å². The average Bonchev–Trinajstić information content (AvgIpc) is 3.01. The molecule has 0 saturated heterocycles. The fourth-order valence-electron chi connectivity index (χ4n) is 3.05. The Kier molecular flexibility index (Phi) is 5.65. The molecule has 1 amide bonds. The number of thiophene rings is 1. The van der Waals surface area contributed by atoms with Gasteiger partial charge < -0.3 is 15.2 Å². The number of nitrogens with one attached hydrogen (secondary N) is 1. The van der Waals surface area contributed by atoms with Crippen LogP contribution in [0.3, 0.4) is 0 Å². The summed E-state index contributed by atoms with van der Waals surface area (Å²) in [6.07, 6.45) is 4.12. The number of hydrogen-bond donors (Lipinski definition) is 2. The number of benzene rings is 1. The molecule has 2 atom stereocenters. The van der Waals surface area contributed by atoms with Gasteiger partial charge in [0.2, 0.25) is 5.91 Å². The van der Waals surface area contributed by atoms with E-state index >= 15 is 0 Å². The van der Waals surface area contributed by atoms with Crippen molar-refractivity contribution in [2.24, 2.45) is 0 Å². The van der Waals surface area contributed by atoms with Crippen molar-refractivity contribution in [3.8, 4) is 0 Å². The molecule has 0 radical (unpaired) electrons. The SMILES string of the molecule is O=C(COCCc1ccc2sccc2c1)NC1CCCCC1O. The van der Waals surface area contributed by atoms with Crippen molar-refractivity contribution in [2.75, 3.05) is 13.2 Å². The number of hydrogen-bond acceptors (Lipinski definition) is 4. The number of fused-ring (bicyclic) bond motifs is 1. The molecular weight excluding hydrogens is 310 g/mol. The summed E-state index contributed by atoms with van der Waals surface area (Å²) < 4.78 is 6.77. The number of rotatable bonds is 6. The maximum Gasteiger partial charge on any atom is 0.246 e. The largest absolute Gasteiger partial charge is 0.391 e. The molecule has 0 spiro atoms. The maximum atomic E-state index is 11.9. The number of aliphatic hydroxyl groups excluding tert-OH is 1. The molecule has 2 aromatic rings. The molecule has 23 heavy (non-hydrogen) atoms. The van der Waals surface area contributed by atoms with E-state index in [-0.39, 0.29) is 18.6 Å². The molecule has 3 rings (SSSR count). The third kappa shape index (κ3) is 4.53. The van der Waals surface area contributed by atoms with Crippen molar-refractivity contribution < 1.29 is 14.6 Å². The van der Waals surface area contributed by atoms with Crippen LogP contribution < -0.4 is 5.32 Å². The van der Waals surface area contributed by atoms with Gasteiger partial charge in [-0.1, -0.05) is 25.0 Å². The third-order valence-corrected chi connectivity index (χ3v) is 5.26. The maximum absolute atomic E-state index is 11.9. The smallest absolute Gasteiger partial charge is 0.246 e. The van der Waals surface area contributed by atoms with E-state index in [9.17, 15) is 9.90 Å². The molecule has 2 N–H and O–H groups in total. The molecule has 0 aliphatic heterocycles. The van der Waals surface area contributed by atoms with Gasteiger partial charge in [-0.25, -0.2) is 0 Å². The molecule has 124 valence electrons. The normalized spacial score (nSPS) is 21.4. The Morgan fingerprint density at radius 2 is 2.17 bits per heavy atom. The van der Waals surface area contributed by atoms with Crippen LogP contribution in [0.5, 0.6) is 0 Å². The topological polar surface area (TPSA) is 58.6 Å². The second kappa shape index (κ2) is 7.90. The van der Waals surface area contributed by atoms with Crippen LogP contribution in [0.1, 0.15) is 31.2 Å². The number of ether oxygens (including phenoxy) is 1. The standard InChI is InChI=1S/C18H23NO3S/c20-16-4-2-1-3-15(16)19-18(21)12-22-9-7-13-5-6-17-14(11-13)8-10-23-17/h5-6,8,10-11,15-16,20H,1-4,7,9,12H2,(H,19,21). The molecule has 2 unspecified atom stereocenters. The van der Waals surface area contributed by atoms with Gasteiger partial charge in [0, 0.05) is 4.70 Å². The lowest BCUT2D eigenvalue weighted by atomic mass is 9.92. The molecule has 4 nitrogen and oxygen atoms in total. The second-order valence-corrected chi connectivity index (χ2v) is 7.07. The minimum atomic E-state index is -0.412. The summed E-state index contributed by atoms with van der Waals surface area (Å²) >= 11 is 1.74. The Morgan fingerprint density at radius 3 is 3.04 bits per heavy atom. The minimum Gasteiger partial charge on any atom is -0.391 e. The third-order valence-electron chi connectivity index (χ3n) is 4.36. The van der Waals surface area contributed by atoms with E-state index in [0.717, 1.165) is 32.1 Å². The van der Waals surface area contributed by atoms with Crippen LogP contribution in [0, 0.1) is 0 Å². The lowest BCUT2D eigenvalue weighted by molar-refractivity contribution is -0.127. The van der Waals surface area contributed by atoms with Gasteiger partial charge >= 0.3 is 0 Å². The highest BCUT2D eigenvalue weighted by atomic mass is 32.1. The molecular formula is C18H23NO3S. The molecule has 0 bridgehead atoms. The first-order chi connectivity index (χ1) is 11.2. The van der Waals surface area contributed by atoms with E-state index in [0.29, 0.717) is 6.61 Å².